The maximum atomic E-state index is 13.8. The number of carbonyl (C=O) groups is 2. The van der Waals surface area contributed by atoms with Crippen LogP contribution in [0.2, 0.25) is 0 Å². The molecule has 2 aromatic carbocycles. The van der Waals surface area contributed by atoms with Crippen LogP contribution in [0.25, 0.3) is 0 Å². The molecule has 0 saturated heterocycles. The number of methoxy groups -OCH3 is 2. The van der Waals surface area contributed by atoms with Crippen LogP contribution in [0.5, 0.6) is 11.5 Å². The van der Waals surface area contributed by atoms with Crippen molar-refractivity contribution in [1.29, 1.82) is 0 Å². The van der Waals surface area contributed by atoms with Gasteiger partial charge in [0.1, 0.15) is 24.1 Å². The summed E-state index contributed by atoms with van der Waals surface area (Å²) in [5.41, 5.74) is 1.11. The molecule has 0 heterocycles. The van der Waals surface area contributed by atoms with Crippen LogP contribution in [0.3, 0.4) is 0 Å². The van der Waals surface area contributed by atoms with Gasteiger partial charge in [0.05, 0.1) is 26.2 Å². The first kappa shape index (κ1) is 29.3. The van der Waals surface area contributed by atoms with Crippen molar-refractivity contribution in [2.45, 2.75) is 64.1 Å². The standard InChI is InChI=1S/C28H39N3O6S/c1-5-26(28(33)29-22-10-7-6-8-11-22)30(19-21-14-16-24(36-2)17-15-21)27(32)20-31(38(4,34)35)23-12-9-13-25(18-23)37-3/h9,12-18,22,26H,5-8,10-11,19-20H2,1-4H3,(H,29,33)/t26-/m0/s1. The third-order valence-electron chi connectivity index (χ3n) is 6.87. The second-order valence-electron chi connectivity index (χ2n) is 9.61. The van der Waals surface area contributed by atoms with Crippen LogP contribution in [-0.2, 0) is 26.2 Å². The number of nitrogens with zero attached hydrogens (tertiary/aromatic N) is 2. The highest BCUT2D eigenvalue weighted by Crippen LogP contribution is 2.25. The molecular formula is C28H39N3O6S. The molecule has 1 aliphatic rings. The van der Waals surface area contributed by atoms with E-state index in [1.807, 2.05) is 19.1 Å². The molecule has 9 nitrogen and oxygen atoms in total. The molecule has 2 amide bonds. The summed E-state index contributed by atoms with van der Waals surface area (Å²) >= 11 is 0. The lowest BCUT2D eigenvalue weighted by Crippen LogP contribution is -2.53. The van der Waals surface area contributed by atoms with Crippen LogP contribution < -0.4 is 19.1 Å². The van der Waals surface area contributed by atoms with E-state index >= 15 is 0 Å². The average Bonchev–Trinajstić information content (AvgIpc) is 2.91. The highest BCUT2D eigenvalue weighted by atomic mass is 32.2. The maximum Gasteiger partial charge on any atom is 0.244 e. The number of ether oxygens (including phenoxy) is 2. The van der Waals surface area contributed by atoms with Gasteiger partial charge >= 0.3 is 0 Å². The first-order valence-electron chi connectivity index (χ1n) is 13.0. The molecule has 2 aromatic rings. The second-order valence-corrected chi connectivity index (χ2v) is 11.5. The molecule has 0 aromatic heterocycles. The van der Waals surface area contributed by atoms with Gasteiger partial charge in [-0.3, -0.25) is 13.9 Å². The van der Waals surface area contributed by atoms with Gasteiger partial charge in [-0.1, -0.05) is 44.4 Å². The highest BCUT2D eigenvalue weighted by molar-refractivity contribution is 7.92. The number of benzene rings is 2. The lowest BCUT2D eigenvalue weighted by Gasteiger charge is -2.34. The monoisotopic (exact) mass is 545 g/mol. The van der Waals surface area contributed by atoms with Crippen molar-refractivity contribution in [2.75, 3.05) is 31.3 Å². The summed E-state index contributed by atoms with van der Waals surface area (Å²) in [5.74, 6) is 0.459. The van der Waals surface area contributed by atoms with E-state index in [1.54, 1.807) is 43.5 Å². The number of hydrogen-bond donors (Lipinski definition) is 1. The van der Waals surface area contributed by atoms with Crippen molar-refractivity contribution >= 4 is 27.5 Å². The third kappa shape index (κ3) is 7.86. The minimum Gasteiger partial charge on any atom is -0.497 e. The van der Waals surface area contributed by atoms with Crippen molar-refractivity contribution in [2.24, 2.45) is 0 Å². The first-order chi connectivity index (χ1) is 18.2. The Labute approximate surface area is 226 Å². The molecule has 10 heteroatoms. The summed E-state index contributed by atoms with van der Waals surface area (Å²) in [6.45, 7) is 1.56. The molecule has 1 aliphatic carbocycles. The molecule has 0 bridgehead atoms. The lowest BCUT2D eigenvalue weighted by atomic mass is 9.95. The third-order valence-corrected chi connectivity index (χ3v) is 8.01. The summed E-state index contributed by atoms with van der Waals surface area (Å²) in [6.07, 6.45) is 6.59. The zero-order valence-electron chi connectivity index (χ0n) is 22.7. The van der Waals surface area contributed by atoms with Crippen LogP contribution in [0.4, 0.5) is 5.69 Å². The number of amides is 2. The van der Waals surface area contributed by atoms with Gasteiger partial charge < -0.3 is 19.7 Å². The number of hydrogen-bond acceptors (Lipinski definition) is 6. The Balaban J connectivity index is 1.92. The molecule has 3 rings (SSSR count). The minimum absolute atomic E-state index is 0.0903. The molecule has 1 fully saturated rings. The van der Waals surface area contributed by atoms with Gasteiger partial charge in [-0.25, -0.2) is 8.42 Å². The van der Waals surface area contributed by atoms with Crippen molar-refractivity contribution in [3.63, 3.8) is 0 Å². The molecule has 208 valence electrons. The largest absolute Gasteiger partial charge is 0.497 e. The Hall–Kier alpha value is -3.27. The number of anilines is 1. The Morgan fingerprint density at radius 1 is 1.00 bits per heavy atom. The first-order valence-corrected chi connectivity index (χ1v) is 14.9. The average molecular weight is 546 g/mol. The summed E-state index contributed by atoms with van der Waals surface area (Å²) < 4.78 is 37.1. The fraction of sp³-hybridized carbons (Fsp3) is 0.500. The Morgan fingerprint density at radius 3 is 2.24 bits per heavy atom. The second kappa shape index (κ2) is 13.5. The number of nitrogens with one attached hydrogen (secondary N) is 1. The molecule has 1 N–H and O–H groups in total. The lowest BCUT2D eigenvalue weighted by molar-refractivity contribution is -0.140. The van der Waals surface area contributed by atoms with Crippen LogP contribution in [0.15, 0.2) is 48.5 Å². The van der Waals surface area contributed by atoms with E-state index in [0.717, 1.165) is 48.2 Å². The predicted molar refractivity (Wildman–Crippen MR) is 148 cm³/mol. The minimum atomic E-state index is -3.82. The number of carbonyl (C=O) groups excluding carboxylic acids is 2. The Kier molecular flexibility index (Phi) is 10.4. The summed E-state index contributed by atoms with van der Waals surface area (Å²) in [4.78, 5) is 28.8. The molecule has 1 atom stereocenters. The van der Waals surface area contributed by atoms with Crippen molar-refractivity contribution in [1.82, 2.24) is 10.2 Å². The SMILES string of the molecule is CC[C@@H](C(=O)NC1CCCCC1)N(Cc1ccc(OC)cc1)C(=O)CN(c1cccc(OC)c1)S(C)(=O)=O. The maximum absolute atomic E-state index is 13.8. The molecule has 0 aliphatic heterocycles. The van der Waals surface area contributed by atoms with E-state index in [2.05, 4.69) is 5.32 Å². The molecule has 0 radical (unpaired) electrons. The van der Waals surface area contributed by atoms with Crippen LogP contribution in [-0.4, -0.2) is 64.2 Å². The van der Waals surface area contributed by atoms with Gasteiger partial charge in [-0.15, -0.1) is 0 Å². The van der Waals surface area contributed by atoms with E-state index < -0.39 is 28.5 Å². The van der Waals surface area contributed by atoms with E-state index in [0.29, 0.717) is 23.6 Å². The van der Waals surface area contributed by atoms with Gasteiger partial charge in [-0.05, 0) is 49.1 Å². The zero-order valence-corrected chi connectivity index (χ0v) is 23.5. The van der Waals surface area contributed by atoms with Gasteiger partial charge in [0, 0.05) is 18.7 Å². The van der Waals surface area contributed by atoms with Gasteiger partial charge in [-0.2, -0.15) is 0 Å². The Bertz CT molecular complexity index is 1180. The summed E-state index contributed by atoms with van der Waals surface area (Å²) in [7, 11) is -0.752. The van der Waals surface area contributed by atoms with Crippen LogP contribution >= 0.6 is 0 Å². The van der Waals surface area contributed by atoms with E-state index in [-0.39, 0.29) is 18.5 Å². The van der Waals surface area contributed by atoms with Crippen LogP contribution in [0, 0.1) is 0 Å². The highest BCUT2D eigenvalue weighted by Gasteiger charge is 2.33. The molecule has 0 spiro atoms. The van der Waals surface area contributed by atoms with Crippen molar-refractivity contribution < 1.29 is 27.5 Å². The zero-order chi connectivity index (χ0) is 27.7. The fourth-order valence-electron chi connectivity index (χ4n) is 4.77. The van der Waals surface area contributed by atoms with E-state index in [4.69, 9.17) is 9.47 Å². The van der Waals surface area contributed by atoms with Crippen molar-refractivity contribution in [3.05, 3.63) is 54.1 Å². The quantitative estimate of drug-likeness (QED) is 0.436. The normalized spacial score (nSPS) is 14.8. The smallest absolute Gasteiger partial charge is 0.244 e. The summed E-state index contributed by atoms with van der Waals surface area (Å²) in [5, 5.41) is 3.14. The van der Waals surface area contributed by atoms with E-state index in [9.17, 15) is 18.0 Å². The van der Waals surface area contributed by atoms with Crippen molar-refractivity contribution in [3.8, 4) is 11.5 Å². The van der Waals surface area contributed by atoms with Crippen LogP contribution in [0.1, 0.15) is 51.0 Å². The predicted octanol–water partition coefficient (Wildman–Crippen LogP) is 3.73. The molecule has 38 heavy (non-hydrogen) atoms. The van der Waals surface area contributed by atoms with Gasteiger partial charge in [0.2, 0.25) is 21.8 Å². The topological polar surface area (TPSA) is 105 Å². The van der Waals surface area contributed by atoms with E-state index in [1.165, 1.54) is 12.0 Å². The Morgan fingerprint density at radius 2 is 1.66 bits per heavy atom. The molecular weight excluding hydrogens is 506 g/mol. The van der Waals surface area contributed by atoms with Gasteiger partial charge in [0.15, 0.2) is 0 Å². The number of sulfonamides is 1. The molecule has 1 saturated carbocycles. The van der Waals surface area contributed by atoms with Gasteiger partial charge in [0.25, 0.3) is 0 Å². The molecule has 0 unspecified atom stereocenters. The summed E-state index contributed by atoms with van der Waals surface area (Å²) in [6, 6.07) is 13.1. The fourth-order valence-corrected chi connectivity index (χ4v) is 5.61. The number of rotatable bonds is 12.